The van der Waals surface area contributed by atoms with E-state index >= 15 is 0 Å². The number of likely N-dealkylation sites (tertiary alicyclic amines) is 1. The van der Waals surface area contributed by atoms with E-state index in [0.29, 0.717) is 5.91 Å². The minimum absolute atomic E-state index is 0.158. The Balaban J connectivity index is 1.79. The summed E-state index contributed by atoms with van der Waals surface area (Å²) in [7, 11) is 0. The summed E-state index contributed by atoms with van der Waals surface area (Å²) in [4.78, 5) is 14.0. The van der Waals surface area contributed by atoms with Gasteiger partial charge in [-0.05, 0) is 50.6 Å². The predicted molar refractivity (Wildman–Crippen MR) is 69.7 cm³/mol. The van der Waals surface area contributed by atoms with Crippen LogP contribution >= 0.6 is 0 Å². The number of carbonyl (C=O) groups is 1. The Labute approximate surface area is 105 Å². The Morgan fingerprint density at radius 2 is 1.59 bits per heavy atom. The molecule has 2 heterocycles. The Morgan fingerprint density at radius 3 is 2.12 bits per heavy atom. The van der Waals surface area contributed by atoms with E-state index in [4.69, 9.17) is 0 Å². The quantitative estimate of drug-likeness (QED) is 0.796. The first-order valence-corrected chi connectivity index (χ1v) is 7.18. The molecule has 2 fully saturated rings. The van der Waals surface area contributed by atoms with Crippen molar-refractivity contribution < 1.29 is 4.79 Å². The molecular formula is C14H26N2O. The van der Waals surface area contributed by atoms with Gasteiger partial charge in [0.15, 0.2) is 0 Å². The van der Waals surface area contributed by atoms with E-state index < -0.39 is 0 Å². The Morgan fingerprint density at radius 1 is 1.06 bits per heavy atom. The lowest BCUT2D eigenvalue weighted by Gasteiger charge is -2.38. The fourth-order valence-corrected chi connectivity index (χ4v) is 3.27. The highest BCUT2D eigenvalue weighted by atomic mass is 16.2. The highest BCUT2D eigenvalue weighted by Crippen LogP contribution is 2.31. The number of nitrogens with zero attached hydrogens (tertiary/aromatic N) is 1. The molecule has 0 saturated carbocycles. The summed E-state index contributed by atoms with van der Waals surface area (Å²) < 4.78 is 0. The van der Waals surface area contributed by atoms with E-state index in [-0.39, 0.29) is 5.92 Å². The van der Waals surface area contributed by atoms with E-state index in [1.54, 1.807) is 0 Å². The van der Waals surface area contributed by atoms with Gasteiger partial charge in [-0.1, -0.05) is 13.8 Å². The van der Waals surface area contributed by atoms with Crippen LogP contribution in [0.2, 0.25) is 0 Å². The zero-order valence-electron chi connectivity index (χ0n) is 11.2. The number of piperidine rings is 2. The maximum Gasteiger partial charge on any atom is 0.225 e. The average molecular weight is 238 g/mol. The van der Waals surface area contributed by atoms with Crippen LogP contribution in [0, 0.1) is 17.8 Å². The van der Waals surface area contributed by atoms with Crippen molar-refractivity contribution in [3.05, 3.63) is 0 Å². The van der Waals surface area contributed by atoms with Crippen LogP contribution < -0.4 is 5.32 Å². The van der Waals surface area contributed by atoms with Crippen molar-refractivity contribution >= 4 is 5.91 Å². The van der Waals surface area contributed by atoms with Crippen LogP contribution in [0.15, 0.2) is 0 Å². The zero-order valence-corrected chi connectivity index (χ0v) is 11.2. The summed E-state index contributed by atoms with van der Waals surface area (Å²) in [6.45, 7) is 8.37. The van der Waals surface area contributed by atoms with E-state index in [1.807, 2.05) is 13.8 Å². The van der Waals surface area contributed by atoms with Crippen molar-refractivity contribution in [1.82, 2.24) is 10.2 Å². The first-order valence-electron chi connectivity index (χ1n) is 7.18. The fourth-order valence-electron chi connectivity index (χ4n) is 3.27. The zero-order chi connectivity index (χ0) is 12.3. The third-order valence-electron chi connectivity index (χ3n) is 4.40. The van der Waals surface area contributed by atoms with Gasteiger partial charge in [-0.3, -0.25) is 4.79 Å². The van der Waals surface area contributed by atoms with Gasteiger partial charge in [-0.15, -0.1) is 0 Å². The number of rotatable bonds is 2. The fraction of sp³-hybridized carbons (Fsp3) is 0.929. The van der Waals surface area contributed by atoms with Gasteiger partial charge in [-0.2, -0.15) is 0 Å². The lowest BCUT2D eigenvalue weighted by atomic mass is 9.79. The van der Waals surface area contributed by atoms with Gasteiger partial charge in [0.05, 0.1) is 0 Å². The summed E-state index contributed by atoms with van der Waals surface area (Å²) in [6.07, 6.45) is 5.12. The highest BCUT2D eigenvalue weighted by molar-refractivity contribution is 5.78. The Hall–Kier alpha value is -0.570. The van der Waals surface area contributed by atoms with Crippen LogP contribution in [0.4, 0.5) is 0 Å². The van der Waals surface area contributed by atoms with Gasteiger partial charge in [0.25, 0.3) is 0 Å². The second-order valence-corrected chi connectivity index (χ2v) is 5.90. The molecule has 2 rings (SSSR count). The molecule has 0 aliphatic carbocycles. The van der Waals surface area contributed by atoms with Crippen LogP contribution in [-0.4, -0.2) is 37.0 Å². The monoisotopic (exact) mass is 238 g/mol. The highest BCUT2D eigenvalue weighted by Gasteiger charge is 2.29. The maximum atomic E-state index is 11.9. The number of hydrogen-bond acceptors (Lipinski definition) is 2. The van der Waals surface area contributed by atoms with E-state index in [0.717, 1.165) is 24.9 Å². The van der Waals surface area contributed by atoms with Crippen LogP contribution in [0.1, 0.15) is 39.5 Å². The van der Waals surface area contributed by atoms with Gasteiger partial charge < -0.3 is 10.2 Å². The SMILES string of the molecule is CC(C)C(=O)N1CCC(C2CCNCC2)CC1. The lowest BCUT2D eigenvalue weighted by Crippen LogP contribution is -2.43. The summed E-state index contributed by atoms with van der Waals surface area (Å²) >= 11 is 0. The Bertz CT molecular complexity index is 251. The topological polar surface area (TPSA) is 32.3 Å². The molecule has 0 aromatic heterocycles. The van der Waals surface area contributed by atoms with Crippen LogP contribution in [0.25, 0.3) is 0 Å². The smallest absolute Gasteiger partial charge is 0.225 e. The summed E-state index contributed by atoms with van der Waals surface area (Å²) in [5, 5.41) is 3.43. The Kier molecular flexibility index (Phi) is 4.43. The molecule has 0 radical (unpaired) electrons. The minimum Gasteiger partial charge on any atom is -0.342 e. The van der Waals surface area contributed by atoms with Gasteiger partial charge in [-0.25, -0.2) is 0 Å². The second-order valence-electron chi connectivity index (χ2n) is 5.90. The molecule has 1 amide bonds. The average Bonchev–Trinajstić information content (AvgIpc) is 2.39. The maximum absolute atomic E-state index is 11.9. The van der Waals surface area contributed by atoms with Crippen LogP contribution in [-0.2, 0) is 4.79 Å². The molecule has 0 unspecified atom stereocenters. The third kappa shape index (κ3) is 3.21. The molecule has 3 heteroatoms. The lowest BCUT2D eigenvalue weighted by molar-refractivity contribution is -0.136. The molecule has 0 bridgehead atoms. The molecule has 1 N–H and O–H groups in total. The first-order chi connectivity index (χ1) is 8.18. The normalized spacial score (nSPS) is 24.3. The van der Waals surface area contributed by atoms with Crippen molar-refractivity contribution in [2.24, 2.45) is 17.8 Å². The molecule has 0 spiro atoms. The largest absolute Gasteiger partial charge is 0.342 e. The number of carbonyl (C=O) groups excluding carboxylic acids is 1. The molecule has 0 aromatic carbocycles. The van der Waals surface area contributed by atoms with Gasteiger partial charge in [0.1, 0.15) is 0 Å². The number of hydrogen-bond donors (Lipinski definition) is 1. The molecule has 2 aliphatic rings. The van der Waals surface area contributed by atoms with Crippen molar-refractivity contribution in [2.45, 2.75) is 39.5 Å². The van der Waals surface area contributed by atoms with Gasteiger partial charge in [0, 0.05) is 19.0 Å². The molecule has 0 aromatic rings. The van der Waals surface area contributed by atoms with E-state index in [9.17, 15) is 4.79 Å². The molecular weight excluding hydrogens is 212 g/mol. The van der Waals surface area contributed by atoms with E-state index in [1.165, 1.54) is 38.8 Å². The van der Waals surface area contributed by atoms with Crippen molar-refractivity contribution in [3.8, 4) is 0 Å². The molecule has 17 heavy (non-hydrogen) atoms. The van der Waals surface area contributed by atoms with Crippen molar-refractivity contribution in [2.75, 3.05) is 26.2 Å². The molecule has 3 nitrogen and oxygen atoms in total. The molecule has 98 valence electrons. The minimum atomic E-state index is 0.158. The first kappa shape index (κ1) is 12.9. The van der Waals surface area contributed by atoms with Crippen molar-refractivity contribution in [3.63, 3.8) is 0 Å². The van der Waals surface area contributed by atoms with E-state index in [2.05, 4.69) is 10.2 Å². The van der Waals surface area contributed by atoms with Crippen LogP contribution in [0.3, 0.4) is 0 Å². The molecule has 0 atom stereocenters. The van der Waals surface area contributed by atoms with Crippen molar-refractivity contribution in [1.29, 1.82) is 0 Å². The standard InChI is InChI=1S/C14H26N2O/c1-11(2)14(17)16-9-5-13(6-10-16)12-3-7-15-8-4-12/h11-13,15H,3-10H2,1-2H3. The molecule has 2 saturated heterocycles. The predicted octanol–water partition coefficient (Wildman–Crippen LogP) is 1.88. The van der Waals surface area contributed by atoms with Gasteiger partial charge in [0.2, 0.25) is 5.91 Å². The van der Waals surface area contributed by atoms with Gasteiger partial charge >= 0.3 is 0 Å². The van der Waals surface area contributed by atoms with Crippen LogP contribution in [0.5, 0.6) is 0 Å². The summed E-state index contributed by atoms with van der Waals surface area (Å²) in [5.41, 5.74) is 0. The number of nitrogens with one attached hydrogen (secondary N) is 1. The second kappa shape index (κ2) is 5.85. The summed E-state index contributed by atoms with van der Waals surface area (Å²) in [5.74, 6) is 2.28. The summed E-state index contributed by atoms with van der Waals surface area (Å²) in [6, 6.07) is 0. The third-order valence-corrected chi connectivity index (χ3v) is 4.40. The number of amides is 1. The molecule has 2 aliphatic heterocycles.